The summed E-state index contributed by atoms with van der Waals surface area (Å²) in [4.78, 5) is 16.8. The molecule has 1 aliphatic rings. The van der Waals surface area contributed by atoms with E-state index in [-0.39, 0.29) is 34.5 Å². The normalized spacial score (nSPS) is 14.6. The van der Waals surface area contributed by atoms with Crippen LogP contribution in [0.2, 0.25) is 0 Å². The van der Waals surface area contributed by atoms with Gasteiger partial charge >= 0.3 is 0 Å². The fourth-order valence-electron chi connectivity index (χ4n) is 5.85. The third-order valence-electron chi connectivity index (χ3n) is 8.24. The summed E-state index contributed by atoms with van der Waals surface area (Å²) in [5, 5.41) is 4.92. The smallest absolute Gasteiger partial charge is 0.272 e. The van der Waals surface area contributed by atoms with Crippen LogP contribution in [-0.2, 0) is 10.0 Å². The average Bonchev–Trinajstić information content (AvgIpc) is 3.63. The molecule has 0 radical (unpaired) electrons. The van der Waals surface area contributed by atoms with E-state index >= 15 is 0 Å². The van der Waals surface area contributed by atoms with E-state index in [1.165, 1.54) is 27.3 Å². The van der Waals surface area contributed by atoms with Gasteiger partial charge in [-0.2, -0.15) is 5.10 Å². The van der Waals surface area contributed by atoms with Gasteiger partial charge in [0.1, 0.15) is 23.9 Å². The summed E-state index contributed by atoms with van der Waals surface area (Å²) in [6.45, 7) is 1.60. The highest BCUT2D eigenvalue weighted by Gasteiger charge is 2.29. The molecule has 6 rings (SSSR count). The lowest BCUT2D eigenvalue weighted by Crippen LogP contribution is -2.37. The molecule has 5 aromatic rings. The minimum Gasteiger partial charge on any atom is -0.487 e. The molecule has 246 valence electrons. The van der Waals surface area contributed by atoms with E-state index < -0.39 is 34.7 Å². The lowest BCUT2D eigenvalue weighted by Gasteiger charge is -2.31. The highest BCUT2D eigenvalue weighted by atomic mass is 32.2. The summed E-state index contributed by atoms with van der Waals surface area (Å²) in [6, 6.07) is 16.1. The molecule has 0 atom stereocenters. The maximum Gasteiger partial charge on any atom is 0.272 e. The van der Waals surface area contributed by atoms with Crippen molar-refractivity contribution >= 4 is 32.5 Å². The van der Waals surface area contributed by atoms with Gasteiger partial charge in [-0.25, -0.2) is 30.6 Å². The Balaban J connectivity index is 1.27. The van der Waals surface area contributed by atoms with Crippen molar-refractivity contribution in [2.45, 2.75) is 32.1 Å². The highest BCUT2D eigenvalue weighted by Crippen LogP contribution is 2.38. The van der Waals surface area contributed by atoms with Crippen molar-refractivity contribution in [2.75, 3.05) is 31.7 Å². The number of nitrogens with two attached hydrogens (primary N) is 1. The predicted octanol–water partition coefficient (Wildman–Crippen LogP) is 6.19. The number of benzene rings is 3. The van der Waals surface area contributed by atoms with Gasteiger partial charge in [-0.05, 0) is 85.3 Å². The topological polar surface area (TPSA) is 133 Å². The number of fused-ring (bicyclic) bond motifs is 1. The second-order valence-corrected chi connectivity index (χ2v) is 13.4. The highest BCUT2D eigenvalue weighted by molar-refractivity contribution is 7.88. The predicted molar refractivity (Wildman–Crippen MR) is 171 cm³/mol. The van der Waals surface area contributed by atoms with E-state index in [2.05, 4.69) is 10.1 Å². The number of piperidine rings is 1. The second-order valence-electron chi connectivity index (χ2n) is 11.5. The molecule has 10 nitrogen and oxygen atoms in total. The zero-order chi connectivity index (χ0) is 33.5. The minimum absolute atomic E-state index is 0.0848. The van der Waals surface area contributed by atoms with Gasteiger partial charge in [0.25, 0.3) is 6.43 Å². The van der Waals surface area contributed by atoms with Gasteiger partial charge in [0.15, 0.2) is 11.6 Å². The molecule has 1 saturated heterocycles. The van der Waals surface area contributed by atoms with E-state index in [4.69, 9.17) is 15.2 Å². The number of para-hydroxylation sites is 1. The van der Waals surface area contributed by atoms with Crippen LogP contribution in [0.3, 0.4) is 0 Å². The Kier molecular flexibility index (Phi) is 8.72. The van der Waals surface area contributed by atoms with E-state index in [9.17, 15) is 26.4 Å². The van der Waals surface area contributed by atoms with Crippen LogP contribution in [0.1, 0.15) is 45.9 Å². The van der Waals surface area contributed by atoms with Crippen LogP contribution in [0.15, 0.2) is 66.9 Å². The van der Waals surface area contributed by atoms with Crippen molar-refractivity contribution in [3.63, 3.8) is 0 Å². The summed E-state index contributed by atoms with van der Waals surface area (Å²) in [6.07, 6.45) is 0.813. The molecule has 1 fully saturated rings. The van der Waals surface area contributed by atoms with Crippen LogP contribution in [0, 0.1) is 12.7 Å². The first kappa shape index (κ1) is 32.1. The number of nitrogens with one attached hydrogen (secondary N) is 1. The molecule has 0 saturated carbocycles. The van der Waals surface area contributed by atoms with Gasteiger partial charge in [-0.15, -0.1) is 0 Å². The number of sulfonamides is 1. The molecular formula is C33H32F3N5O5S. The van der Waals surface area contributed by atoms with Crippen molar-refractivity contribution in [1.29, 1.82) is 0 Å². The number of nitrogen functional groups attached to an aromatic ring is 1. The molecule has 0 amide bonds. The number of alkyl halides is 2. The fourth-order valence-corrected chi connectivity index (χ4v) is 6.72. The molecule has 3 aromatic carbocycles. The van der Waals surface area contributed by atoms with Crippen molar-refractivity contribution in [2.24, 2.45) is 0 Å². The van der Waals surface area contributed by atoms with Gasteiger partial charge in [-0.3, -0.25) is 4.79 Å². The fraction of sp³-hybridized carbons (Fsp3) is 0.273. The number of anilines is 1. The van der Waals surface area contributed by atoms with Crippen LogP contribution in [-0.4, -0.2) is 65.6 Å². The van der Waals surface area contributed by atoms with Gasteiger partial charge < -0.3 is 20.2 Å². The van der Waals surface area contributed by atoms with Crippen LogP contribution in [0.4, 0.5) is 19.0 Å². The van der Waals surface area contributed by atoms with Gasteiger partial charge in [0.2, 0.25) is 15.8 Å². The number of hydrogen-bond donors (Lipinski definition) is 2. The lowest BCUT2D eigenvalue weighted by molar-refractivity contribution is 0.0811. The molecule has 3 N–H and O–H groups in total. The van der Waals surface area contributed by atoms with Crippen LogP contribution < -0.4 is 15.2 Å². The quantitative estimate of drug-likeness (QED) is 0.170. The van der Waals surface area contributed by atoms with Gasteiger partial charge in [-0.1, -0.05) is 12.1 Å². The Morgan fingerprint density at radius 2 is 1.83 bits per heavy atom. The number of carbonyl (C=O) groups is 1. The van der Waals surface area contributed by atoms with Crippen LogP contribution in [0.5, 0.6) is 17.2 Å². The molecule has 1 aliphatic heterocycles. The third-order valence-corrected chi connectivity index (χ3v) is 9.54. The number of H-pyrrole nitrogens is 1. The number of rotatable bonds is 10. The van der Waals surface area contributed by atoms with Crippen molar-refractivity contribution < 1.29 is 35.9 Å². The molecule has 0 unspecified atom stereocenters. The summed E-state index contributed by atoms with van der Waals surface area (Å²) in [7, 11) is -3.34. The number of halogens is 3. The van der Waals surface area contributed by atoms with Crippen molar-refractivity contribution in [3.8, 4) is 22.9 Å². The van der Waals surface area contributed by atoms with Crippen LogP contribution in [0.25, 0.3) is 16.6 Å². The van der Waals surface area contributed by atoms with E-state index in [0.717, 1.165) is 6.26 Å². The maximum atomic E-state index is 14.1. The molecule has 47 heavy (non-hydrogen) atoms. The molecule has 14 heteroatoms. The molecule has 2 aromatic heterocycles. The zero-order valence-electron chi connectivity index (χ0n) is 25.5. The number of aromatic amines is 1. The first-order valence-electron chi connectivity index (χ1n) is 14.8. The Morgan fingerprint density at radius 3 is 2.51 bits per heavy atom. The summed E-state index contributed by atoms with van der Waals surface area (Å²) in [5.41, 5.74) is 9.33. The number of aryl methyl sites for hydroxylation is 1. The van der Waals surface area contributed by atoms with E-state index in [1.807, 2.05) is 0 Å². The number of nitrogens with zero attached hydrogens (tertiary/aromatic N) is 3. The SMILES string of the molecule is Cc1cc(Oc2ccccc2F)ccc1-n1ncc(C(=O)c2cc3cc(OCC(F)F)c(C4CCN(S(C)(=O)=O)CC4)cc3[nH]2)c1N. The van der Waals surface area contributed by atoms with Crippen molar-refractivity contribution in [3.05, 3.63) is 95.1 Å². The van der Waals surface area contributed by atoms with Gasteiger partial charge in [0, 0.05) is 24.0 Å². The van der Waals surface area contributed by atoms with Crippen LogP contribution >= 0.6 is 0 Å². The summed E-state index contributed by atoms with van der Waals surface area (Å²) < 4.78 is 78.2. The summed E-state index contributed by atoms with van der Waals surface area (Å²) >= 11 is 0. The Morgan fingerprint density at radius 1 is 1.09 bits per heavy atom. The minimum atomic E-state index is -3.34. The maximum absolute atomic E-state index is 14.1. The molecular weight excluding hydrogens is 635 g/mol. The number of ketones is 1. The second kappa shape index (κ2) is 12.8. The molecule has 0 bridgehead atoms. The third kappa shape index (κ3) is 6.69. The zero-order valence-corrected chi connectivity index (χ0v) is 26.4. The molecule has 0 spiro atoms. The van der Waals surface area contributed by atoms with E-state index in [1.54, 1.807) is 55.5 Å². The summed E-state index contributed by atoms with van der Waals surface area (Å²) in [5.74, 6) is -0.199. The van der Waals surface area contributed by atoms with E-state index in [0.29, 0.717) is 59.4 Å². The number of carbonyl (C=O) groups excluding carboxylic acids is 1. The van der Waals surface area contributed by atoms with Crippen molar-refractivity contribution in [1.82, 2.24) is 19.1 Å². The first-order chi connectivity index (χ1) is 22.4. The first-order valence-corrected chi connectivity index (χ1v) is 16.7. The number of aromatic nitrogens is 3. The Bertz CT molecular complexity index is 2070. The lowest BCUT2D eigenvalue weighted by atomic mass is 9.89. The average molecular weight is 668 g/mol. The molecule has 0 aliphatic carbocycles. The Hall–Kier alpha value is -4.82. The standard InChI is InChI=1S/C33H32F3N5O5S/c1-19-13-22(46-29-6-4-3-5-25(29)34)7-8-28(19)41-33(37)24(17-38-41)32(42)27-14-21-15-30(45-18-31(35)36)23(16-26(21)39-27)20-9-11-40(12-10-20)47(2,43)44/h3-8,13-17,20,31,39H,9-12,18,37H2,1-2H3. The number of hydrogen-bond acceptors (Lipinski definition) is 7. The Labute approximate surface area is 268 Å². The van der Waals surface area contributed by atoms with Gasteiger partial charge in [0.05, 0.1) is 29.4 Å². The molecule has 3 heterocycles. The largest absolute Gasteiger partial charge is 0.487 e. The monoisotopic (exact) mass is 667 g/mol. The number of ether oxygens (including phenoxy) is 2.